The van der Waals surface area contributed by atoms with Gasteiger partial charge in [-0.3, -0.25) is 0 Å². The number of hydrogen-bond acceptors (Lipinski definition) is 5. The van der Waals surface area contributed by atoms with E-state index in [1.807, 2.05) is 0 Å². The van der Waals surface area contributed by atoms with E-state index in [-0.39, 0.29) is 6.29 Å². The zero-order valence-electron chi connectivity index (χ0n) is 11.0. The molecular weight excluding hydrogens is 234 g/mol. The van der Waals surface area contributed by atoms with Crippen LogP contribution in [-0.4, -0.2) is 39.6 Å². The molecule has 1 N–H and O–H groups in total. The second-order valence-corrected chi connectivity index (χ2v) is 5.09. The molecule has 1 saturated heterocycles. The maximum absolute atomic E-state index is 9.76. The molecule has 0 radical (unpaired) electrons. The van der Waals surface area contributed by atoms with Gasteiger partial charge in [-0.25, -0.2) is 4.68 Å². The van der Waals surface area contributed by atoms with E-state index in [1.165, 1.54) is 0 Å². The number of aromatic nitrogens is 3. The lowest BCUT2D eigenvalue weighted by Gasteiger charge is -2.22. The van der Waals surface area contributed by atoms with Crippen molar-refractivity contribution in [3.05, 3.63) is 11.9 Å². The second kappa shape index (κ2) is 5.77. The van der Waals surface area contributed by atoms with Gasteiger partial charge in [-0.05, 0) is 33.1 Å². The number of hydrogen-bond donors (Lipinski definition) is 1. The van der Waals surface area contributed by atoms with Crippen LogP contribution >= 0.6 is 0 Å². The van der Waals surface area contributed by atoms with Crippen LogP contribution in [-0.2, 0) is 21.6 Å². The first-order valence-corrected chi connectivity index (χ1v) is 6.42. The normalized spacial score (nSPS) is 21.2. The van der Waals surface area contributed by atoms with Crippen LogP contribution in [0.5, 0.6) is 0 Å². The van der Waals surface area contributed by atoms with E-state index in [1.54, 1.807) is 24.7 Å². The van der Waals surface area contributed by atoms with Crippen LogP contribution in [0.15, 0.2) is 6.20 Å². The molecule has 1 atom stereocenters. The van der Waals surface area contributed by atoms with Gasteiger partial charge in [-0.15, -0.1) is 5.10 Å². The van der Waals surface area contributed by atoms with Crippen LogP contribution in [0.2, 0.25) is 0 Å². The molecule has 0 aromatic carbocycles. The first-order valence-electron chi connectivity index (χ1n) is 6.42. The topological polar surface area (TPSA) is 69.4 Å². The zero-order chi connectivity index (χ0) is 13.0. The van der Waals surface area contributed by atoms with Gasteiger partial charge in [0.2, 0.25) is 0 Å². The average Bonchev–Trinajstić information content (AvgIpc) is 2.79. The monoisotopic (exact) mass is 255 g/mol. The lowest BCUT2D eigenvalue weighted by Crippen LogP contribution is -2.24. The molecule has 102 valence electrons. The number of rotatable bonds is 5. The summed E-state index contributed by atoms with van der Waals surface area (Å²) in [4.78, 5) is 0. The molecule has 2 heterocycles. The Morgan fingerprint density at radius 1 is 1.56 bits per heavy atom. The summed E-state index contributed by atoms with van der Waals surface area (Å²) in [7, 11) is 0. The maximum atomic E-state index is 9.76. The molecule has 0 spiro atoms. The standard InChI is InChI=1S/C12H21N3O3/c1-12(2,16)10-9-15(14-13-10)6-8-18-11-5-3-4-7-17-11/h9,11,16H,3-8H2,1-2H3. The summed E-state index contributed by atoms with van der Waals surface area (Å²) in [5.74, 6) is 0. The van der Waals surface area contributed by atoms with Crippen LogP contribution in [0.3, 0.4) is 0 Å². The Hall–Kier alpha value is -0.980. The quantitative estimate of drug-likeness (QED) is 0.851. The number of ether oxygens (including phenoxy) is 2. The number of nitrogens with zero attached hydrogens (tertiary/aromatic N) is 3. The lowest BCUT2D eigenvalue weighted by atomic mass is 10.1. The first kappa shape index (κ1) is 13.5. The van der Waals surface area contributed by atoms with E-state index in [0.717, 1.165) is 25.9 Å². The first-order chi connectivity index (χ1) is 8.55. The summed E-state index contributed by atoms with van der Waals surface area (Å²) in [5, 5.41) is 17.6. The summed E-state index contributed by atoms with van der Waals surface area (Å²) in [6, 6.07) is 0. The van der Waals surface area contributed by atoms with E-state index in [0.29, 0.717) is 18.8 Å². The predicted octanol–water partition coefficient (Wildman–Crippen LogP) is 1.05. The summed E-state index contributed by atoms with van der Waals surface area (Å²) in [6.45, 7) is 5.32. The van der Waals surface area contributed by atoms with Gasteiger partial charge in [0.15, 0.2) is 6.29 Å². The summed E-state index contributed by atoms with van der Waals surface area (Å²) in [6.07, 6.45) is 4.92. The van der Waals surface area contributed by atoms with Crippen LogP contribution in [0, 0.1) is 0 Å². The molecular formula is C12H21N3O3. The Balaban J connectivity index is 1.74. The van der Waals surface area contributed by atoms with Gasteiger partial charge in [0, 0.05) is 6.61 Å². The van der Waals surface area contributed by atoms with Crippen molar-refractivity contribution in [3.8, 4) is 0 Å². The van der Waals surface area contributed by atoms with Crippen LogP contribution in [0.4, 0.5) is 0 Å². The molecule has 1 aliphatic heterocycles. The molecule has 6 heteroatoms. The van der Waals surface area contributed by atoms with Crippen molar-refractivity contribution in [2.75, 3.05) is 13.2 Å². The highest BCUT2D eigenvalue weighted by Gasteiger charge is 2.20. The highest BCUT2D eigenvalue weighted by Crippen LogP contribution is 2.16. The van der Waals surface area contributed by atoms with Crippen molar-refractivity contribution in [2.45, 2.75) is 51.5 Å². The fourth-order valence-electron chi connectivity index (χ4n) is 1.81. The molecule has 0 amide bonds. The smallest absolute Gasteiger partial charge is 0.157 e. The van der Waals surface area contributed by atoms with Crippen LogP contribution in [0.1, 0.15) is 38.8 Å². The fraction of sp³-hybridized carbons (Fsp3) is 0.833. The molecule has 1 unspecified atom stereocenters. The third kappa shape index (κ3) is 3.76. The Kier molecular flexibility index (Phi) is 4.31. The third-order valence-electron chi connectivity index (χ3n) is 2.93. The SMILES string of the molecule is CC(C)(O)c1cn(CCOC2CCCCO2)nn1. The van der Waals surface area contributed by atoms with E-state index in [4.69, 9.17) is 9.47 Å². The minimum atomic E-state index is -0.953. The number of aliphatic hydroxyl groups is 1. The van der Waals surface area contributed by atoms with Crippen LogP contribution in [0.25, 0.3) is 0 Å². The lowest BCUT2D eigenvalue weighted by molar-refractivity contribution is -0.163. The van der Waals surface area contributed by atoms with Crippen LogP contribution < -0.4 is 0 Å². The maximum Gasteiger partial charge on any atom is 0.157 e. The van der Waals surface area contributed by atoms with Crippen molar-refractivity contribution in [1.82, 2.24) is 15.0 Å². The van der Waals surface area contributed by atoms with Crippen molar-refractivity contribution < 1.29 is 14.6 Å². The third-order valence-corrected chi connectivity index (χ3v) is 2.93. The van der Waals surface area contributed by atoms with Gasteiger partial charge >= 0.3 is 0 Å². The molecule has 1 aliphatic rings. The Morgan fingerprint density at radius 3 is 3.00 bits per heavy atom. The summed E-state index contributed by atoms with van der Waals surface area (Å²) >= 11 is 0. The van der Waals surface area contributed by atoms with E-state index < -0.39 is 5.60 Å². The molecule has 0 bridgehead atoms. The minimum absolute atomic E-state index is 0.0731. The Bertz CT molecular complexity index is 367. The Labute approximate surface area is 107 Å². The second-order valence-electron chi connectivity index (χ2n) is 5.09. The van der Waals surface area contributed by atoms with Gasteiger partial charge in [0.1, 0.15) is 11.3 Å². The van der Waals surface area contributed by atoms with Crippen molar-refractivity contribution >= 4 is 0 Å². The largest absolute Gasteiger partial charge is 0.384 e. The molecule has 2 rings (SSSR count). The van der Waals surface area contributed by atoms with Gasteiger partial charge in [0.05, 0.1) is 19.3 Å². The van der Waals surface area contributed by atoms with Crippen molar-refractivity contribution in [3.63, 3.8) is 0 Å². The molecule has 6 nitrogen and oxygen atoms in total. The van der Waals surface area contributed by atoms with E-state index >= 15 is 0 Å². The van der Waals surface area contributed by atoms with Gasteiger partial charge in [-0.2, -0.15) is 0 Å². The molecule has 0 aliphatic carbocycles. The molecule has 1 aromatic rings. The van der Waals surface area contributed by atoms with Crippen molar-refractivity contribution in [1.29, 1.82) is 0 Å². The van der Waals surface area contributed by atoms with E-state index in [9.17, 15) is 5.11 Å². The highest BCUT2D eigenvalue weighted by atomic mass is 16.7. The molecule has 1 fully saturated rings. The molecule has 0 saturated carbocycles. The van der Waals surface area contributed by atoms with Crippen molar-refractivity contribution in [2.24, 2.45) is 0 Å². The average molecular weight is 255 g/mol. The highest BCUT2D eigenvalue weighted by molar-refractivity contribution is 5.02. The Morgan fingerprint density at radius 2 is 2.39 bits per heavy atom. The van der Waals surface area contributed by atoms with Gasteiger partial charge in [0.25, 0.3) is 0 Å². The molecule has 18 heavy (non-hydrogen) atoms. The fourth-order valence-corrected chi connectivity index (χ4v) is 1.81. The zero-order valence-corrected chi connectivity index (χ0v) is 11.0. The van der Waals surface area contributed by atoms with Gasteiger partial charge in [-0.1, -0.05) is 5.21 Å². The van der Waals surface area contributed by atoms with Gasteiger partial charge < -0.3 is 14.6 Å². The van der Waals surface area contributed by atoms with E-state index in [2.05, 4.69) is 10.3 Å². The predicted molar refractivity (Wildman–Crippen MR) is 64.8 cm³/mol. The minimum Gasteiger partial charge on any atom is -0.384 e. The molecule has 1 aromatic heterocycles. The summed E-state index contributed by atoms with van der Waals surface area (Å²) in [5.41, 5.74) is -0.387. The summed E-state index contributed by atoms with van der Waals surface area (Å²) < 4.78 is 12.8.